The Morgan fingerprint density at radius 2 is 1.19 bits per heavy atom. The zero-order valence-corrected chi connectivity index (χ0v) is 27.3. The summed E-state index contributed by atoms with van der Waals surface area (Å²) in [4.78, 5) is 86.8. The van der Waals surface area contributed by atoms with Crippen LogP contribution in [-0.4, -0.2) is 62.6 Å². The molecule has 5 N–H and O–H groups in total. The molecule has 0 saturated carbocycles. The predicted octanol–water partition coefficient (Wildman–Crippen LogP) is 1.89. The van der Waals surface area contributed by atoms with Crippen LogP contribution in [0.1, 0.15) is 34.6 Å². The lowest BCUT2D eigenvalue weighted by molar-refractivity contribution is -0.139. The maximum absolute atomic E-state index is 11.7. The number of amides is 1. The fraction of sp³-hybridized carbons (Fsp3) is 0.417. The summed E-state index contributed by atoms with van der Waals surface area (Å²) in [5.41, 5.74) is 3.98. The minimum Gasteiger partial charge on any atom is -0.480 e. The minimum atomic E-state index is -1.48. The van der Waals surface area contributed by atoms with Crippen LogP contribution in [0.25, 0.3) is 0 Å². The van der Waals surface area contributed by atoms with Crippen LogP contribution in [0.2, 0.25) is 0 Å². The van der Waals surface area contributed by atoms with E-state index in [1.807, 2.05) is 5.32 Å². The molecule has 1 amide bonds. The second kappa shape index (κ2) is 20.4. The normalized spacial score (nSPS) is 11.5. The molecule has 2 atom stereocenters. The van der Waals surface area contributed by atoms with Gasteiger partial charge in [-0.05, 0) is 32.5 Å². The van der Waals surface area contributed by atoms with Gasteiger partial charge in [0.05, 0.1) is 0 Å². The van der Waals surface area contributed by atoms with Gasteiger partial charge in [0.25, 0.3) is 0 Å². The Morgan fingerprint density at radius 1 is 0.771 bits per heavy atom. The van der Waals surface area contributed by atoms with Gasteiger partial charge in [-0.15, -0.1) is 0 Å². The highest BCUT2D eigenvalue weighted by atomic mass is 35.5. The molecule has 24 heteroatoms. The molecule has 0 aliphatic carbocycles. The summed E-state index contributed by atoms with van der Waals surface area (Å²) in [6.45, 7) is 3.33. The third-order valence-electron chi connectivity index (χ3n) is 4.95. The Bertz CT molecular complexity index is 1710. The van der Waals surface area contributed by atoms with E-state index in [0.29, 0.717) is 11.8 Å². The molecule has 0 spiro atoms. The van der Waals surface area contributed by atoms with E-state index in [2.05, 4.69) is 43.9 Å². The highest BCUT2D eigenvalue weighted by Gasteiger charge is 2.24. The SMILES string of the molecule is Cc1oc(=O)oc1COC(=O)Cl.Cc1oc(=O)oc1COC(=O)N[C@H](CSC(=O)OCc1oc(=O)oc1C)C(=O)O.N[C@H](CS)C(=O)O. The average molecular weight is 747 g/mol. The van der Waals surface area contributed by atoms with Crippen molar-refractivity contribution in [3.05, 3.63) is 66.4 Å². The third-order valence-corrected chi connectivity index (χ3v) is 6.31. The van der Waals surface area contributed by atoms with Gasteiger partial charge in [0.2, 0.25) is 0 Å². The first-order chi connectivity index (χ1) is 22.4. The molecule has 48 heavy (non-hydrogen) atoms. The number of carboxylic acids is 2. The number of nitrogens with two attached hydrogens (primary N) is 1. The number of thiol groups is 1. The summed E-state index contributed by atoms with van der Waals surface area (Å²) in [6.07, 6.45) is -1.12. The summed E-state index contributed by atoms with van der Waals surface area (Å²) < 4.78 is 41.4. The van der Waals surface area contributed by atoms with Crippen LogP contribution in [0, 0.1) is 20.8 Å². The summed E-state index contributed by atoms with van der Waals surface area (Å²) >= 11 is 8.99. The van der Waals surface area contributed by atoms with Crippen molar-refractivity contribution < 1.29 is 74.9 Å². The van der Waals surface area contributed by atoms with Crippen LogP contribution in [0.3, 0.4) is 0 Å². The Hall–Kier alpha value is -4.87. The van der Waals surface area contributed by atoms with Crippen molar-refractivity contribution in [1.29, 1.82) is 0 Å². The lowest BCUT2D eigenvalue weighted by Gasteiger charge is -2.13. The number of alkyl carbamates (subject to hydrolysis) is 1. The molecule has 0 saturated heterocycles. The molecule has 0 radical (unpaired) electrons. The van der Waals surface area contributed by atoms with E-state index in [0.717, 1.165) is 0 Å². The topological polar surface area (TPSA) is 322 Å². The van der Waals surface area contributed by atoms with E-state index >= 15 is 0 Å². The molecule has 0 aliphatic rings. The minimum absolute atomic E-state index is 0.0154. The van der Waals surface area contributed by atoms with E-state index < -0.39 is 64.9 Å². The molecular weight excluding hydrogens is 720 g/mol. The molecule has 0 bridgehead atoms. The maximum Gasteiger partial charge on any atom is 0.519 e. The molecule has 0 aliphatic heterocycles. The van der Waals surface area contributed by atoms with Crippen molar-refractivity contribution >= 4 is 64.8 Å². The van der Waals surface area contributed by atoms with E-state index in [9.17, 15) is 38.4 Å². The lowest BCUT2D eigenvalue weighted by Crippen LogP contribution is -2.43. The second-order valence-corrected chi connectivity index (χ2v) is 10.0. The van der Waals surface area contributed by atoms with Crippen LogP contribution in [-0.2, 0) is 43.6 Å². The number of carbonyl (C=O) groups excluding carboxylic acids is 3. The van der Waals surface area contributed by atoms with Crippen LogP contribution >= 0.6 is 36.0 Å². The van der Waals surface area contributed by atoms with E-state index in [4.69, 9.17) is 37.0 Å². The molecular formula is C24H27ClN2O19S2. The summed E-state index contributed by atoms with van der Waals surface area (Å²) in [7, 11) is 0. The number of nitrogens with one attached hydrogen (secondary N) is 1. The van der Waals surface area contributed by atoms with Crippen molar-refractivity contribution in [3.63, 3.8) is 0 Å². The Balaban J connectivity index is 0.000000494. The van der Waals surface area contributed by atoms with E-state index in [-0.39, 0.29) is 59.3 Å². The predicted molar refractivity (Wildman–Crippen MR) is 159 cm³/mol. The molecule has 21 nitrogen and oxygen atoms in total. The highest BCUT2D eigenvalue weighted by molar-refractivity contribution is 8.13. The Morgan fingerprint density at radius 3 is 1.50 bits per heavy atom. The number of thioether (sulfide) groups is 1. The first-order valence-electron chi connectivity index (χ1n) is 12.6. The number of hydrogen-bond donors (Lipinski definition) is 5. The zero-order valence-electron chi connectivity index (χ0n) is 24.8. The average Bonchev–Trinajstić information content (AvgIpc) is 3.63. The van der Waals surface area contributed by atoms with E-state index in [1.54, 1.807) is 0 Å². The first kappa shape index (κ1) is 41.2. The smallest absolute Gasteiger partial charge is 0.480 e. The summed E-state index contributed by atoms with van der Waals surface area (Å²) in [5, 5.41) is 18.3. The van der Waals surface area contributed by atoms with Crippen LogP contribution in [0.4, 0.5) is 14.4 Å². The maximum atomic E-state index is 11.7. The van der Waals surface area contributed by atoms with Gasteiger partial charge < -0.3 is 62.0 Å². The van der Waals surface area contributed by atoms with Crippen LogP contribution < -0.4 is 28.5 Å². The van der Waals surface area contributed by atoms with Crippen molar-refractivity contribution in [2.75, 3.05) is 11.5 Å². The molecule has 3 aromatic rings. The van der Waals surface area contributed by atoms with Gasteiger partial charge in [0, 0.05) is 23.1 Å². The molecule has 3 heterocycles. The van der Waals surface area contributed by atoms with Crippen LogP contribution in [0.5, 0.6) is 0 Å². The first-order valence-corrected chi connectivity index (χ1v) is 14.6. The number of aryl methyl sites for hydroxylation is 3. The van der Waals surface area contributed by atoms with Crippen LogP contribution in [0.15, 0.2) is 40.9 Å². The van der Waals surface area contributed by atoms with Gasteiger partial charge in [0.15, 0.2) is 54.4 Å². The number of ether oxygens (including phenoxy) is 3. The highest BCUT2D eigenvalue weighted by Crippen LogP contribution is 2.13. The number of carboxylic acid groups (broad SMARTS) is 2. The quantitative estimate of drug-likeness (QED) is 0.0764. The second-order valence-electron chi connectivity index (χ2n) is 8.42. The van der Waals surface area contributed by atoms with Crippen molar-refractivity contribution in [1.82, 2.24) is 5.32 Å². The largest absolute Gasteiger partial charge is 0.519 e. The van der Waals surface area contributed by atoms with Crippen molar-refractivity contribution in [2.45, 2.75) is 52.7 Å². The Labute approximate surface area is 281 Å². The fourth-order valence-electron chi connectivity index (χ4n) is 2.53. The van der Waals surface area contributed by atoms with Gasteiger partial charge in [-0.2, -0.15) is 12.6 Å². The van der Waals surface area contributed by atoms with E-state index in [1.165, 1.54) is 20.8 Å². The Kier molecular flexibility index (Phi) is 17.5. The zero-order chi connectivity index (χ0) is 36.6. The van der Waals surface area contributed by atoms with Crippen molar-refractivity contribution in [3.8, 4) is 0 Å². The van der Waals surface area contributed by atoms with Gasteiger partial charge in [-0.3, -0.25) is 4.79 Å². The summed E-state index contributed by atoms with van der Waals surface area (Å²) in [6, 6.07) is -2.30. The molecule has 0 fully saturated rings. The lowest BCUT2D eigenvalue weighted by atomic mass is 10.3. The number of carbonyl (C=O) groups is 5. The monoisotopic (exact) mass is 746 g/mol. The number of halogens is 1. The molecule has 0 aromatic carbocycles. The number of rotatable bonds is 12. The van der Waals surface area contributed by atoms with Gasteiger partial charge in [0.1, 0.15) is 12.1 Å². The third kappa shape index (κ3) is 15.6. The van der Waals surface area contributed by atoms with Crippen molar-refractivity contribution in [2.24, 2.45) is 5.73 Å². The van der Waals surface area contributed by atoms with Gasteiger partial charge in [-0.1, -0.05) is 0 Å². The number of hydrogen-bond acceptors (Lipinski definition) is 20. The molecule has 266 valence electrons. The molecule has 3 rings (SSSR count). The number of aliphatic carboxylic acids is 2. The molecule has 0 unspecified atom stereocenters. The summed E-state index contributed by atoms with van der Waals surface area (Å²) in [5.74, 6) is -4.68. The fourth-order valence-corrected chi connectivity index (χ4v) is 3.41. The standard InChI is InChI=1S/C15H15NO12S.C6H5ClO5.C3H7NO2S/c1-6-9(27-13(20)25-6)3-23-12(19)16-8(11(17)18)5-29-15(22)24-4-10-7(2)26-14(21)28-10;1-3-4(2-10-5(7)8)12-6(9)11-3;4-2(1-7)3(5)6/h8H,3-5H2,1-2H3,(H,16,19)(H,17,18);2H2,1H3;2,7H,1,4H2,(H,5,6)/t8-;;2-/m1.1/s1. The molecule has 3 aromatic heterocycles. The van der Waals surface area contributed by atoms with Gasteiger partial charge in [-0.25, -0.2) is 33.6 Å². The van der Waals surface area contributed by atoms with Gasteiger partial charge >= 0.3 is 46.2 Å².